The first-order valence-electron chi connectivity index (χ1n) is 4.84. The first-order valence-corrected chi connectivity index (χ1v) is 4.84. The van der Waals surface area contributed by atoms with E-state index in [4.69, 9.17) is 0 Å². The van der Waals surface area contributed by atoms with Crippen molar-refractivity contribution in [1.82, 2.24) is 10.2 Å². The number of aliphatic hydroxyl groups is 1. The summed E-state index contributed by atoms with van der Waals surface area (Å²) < 4.78 is 0. The van der Waals surface area contributed by atoms with Crippen LogP contribution in [-0.4, -0.2) is 40.4 Å². The first kappa shape index (κ1) is 11.6. The molecule has 0 aliphatic carbocycles. The Bertz CT molecular complexity index is 279. The van der Waals surface area contributed by atoms with Crippen molar-refractivity contribution in [3.05, 3.63) is 12.3 Å². The van der Waals surface area contributed by atoms with Crippen LogP contribution in [0.1, 0.15) is 20.3 Å². The van der Waals surface area contributed by atoms with E-state index in [0.717, 1.165) is 0 Å². The van der Waals surface area contributed by atoms with Gasteiger partial charge >= 0.3 is 0 Å². The van der Waals surface area contributed by atoms with Gasteiger partial charge in [0, 0.05) is 26.4 Å². The van der Waals surface area contributed by atoms with Crippen molar-refractivity contribution in [2.24, 2.45) is 0 Å². The number of amides is 2. The Morgan fingerprint density at radius 1 is 1.47 bits per heavy atom. The second-order valence-electron chi connectivity index (χ2n) is 3.81. The maximum atomic E-state index is 11.3. The molecule has 0 aromatic rings. The molecule has 84 valence electrons. The average molecular weight is 212 g/mol. The Morgan fingerprint density at radius 3 is 2.40 bits per heavy atom. The number of aliphatic hydroxyl groups excluding tert-OH is 1. The predicted octanol–water partition coefficient (Wildman–Crippen LogP) is 0.184. The molecule has 1 aliphatic heterocycles. The van der Waals surface area contributed by atoms with Crippen LogP contribution in [0.2, 0.25) is 0 Å². The van der Waals surface area contributed by atoms with E-state index in [1.165, 1.54) is 18.7 Å². The smallest absolute Gasteiger partial charge is 0.220 e. The first-order chi connectivity index (χ1) is 6.91. The zero-order valence-corrected chi connectivity index (χ0v) is 8.99. The van der Waals surface area contributed by atoms with Crippen molar-refractivity contribution in [2.75, 3.05) is 6.54 Å². The fourth-order valence-corrected chi connectivity index (χ4v) is 1.89. The van der Waals surface area contributed by atoms with Crippen LogP contribution in [0.25, 0.3) is 0 Å². The van der Waals surface area contributed by atoms with Gasteiger partial charge < -0.3 is 15.3 Å². The molecule has 0 radical (unpaired) electrons. The summed E-state index contributed by atoms with van der Waals surface area (Å²) in [6, 6.07) is -0.473. The van der Waals surface area contributed by atoms with Crippen molar-refractivity contribution in [2.45, 2.75) is 32.4 Å². The molecule has 2 atom stereocenters. The Balaban J connectivity index is 2.69. The lowest BCUT2D eigenvalue weighted by Crippen LogP contribution is -2.37. The lowest BCUT2D eigenvalue weighted by Gasteiger charge is -2.21. The molecule has 0 bridgehead atoms. The van der Waals surface area contributed by atoms with Gasteiger partial charge in [-0.3, -0.25) is 9.59 Å². The van der Waals surface area contributed by atoms with E-state index in [2.05, 4.69) is 11.9 Å². The molecular formula is C10H16N2O3. The summed E-state index contributed by atoms with van der Waals surface area (Å²) in [6.45, 7) is 6.73. The van der Waals surface area contributed by atoms with Gasteiger partial charge in [-0.1, -0.05) is 6.58 Å². The molecule has 0 aromatic heterocycles. The van der Waals surface area contributed by atoms with Gasteiger partial charge in [-0.25, -0.2) is 0 Å². The monoisotopic (exact) mass is 212 g/mol. The number of carbonyl (C=O) groups excluding carboxylic acids is 2. The molecule has 5 heteroatoms. The maximum Gasteiger partial charge on any atom is 0.220 e. The highest BCUT2D eigenvalue weighted by Gasteiger charge is 2.35. The number of hydrogen-bond donors (Lipinski definition) is 2. The molecular weight excluding hydrogens is 196 g/mol. The van der Waals surface area contributed by atoms with Crippen molar-refractivity contribution < 1.29 is 14.7 Å². The minimum Gasteiger partial charge on any atom is -0.511 e. The Morgan fingerprint density at radius 2 is 2.07 bits per heavy atom. The van der Waals surface area contributed by atoms with Crippen LogP contribution in [0.5, 0.6) is 0 Å². The molecule has 1 saturated heterocycles. The van der Waals surface area contributed by atoms with Gasteiger partial charge in [0.25, 0.3) is 0 Å². The third kappa shape index (κ3) is 2.71. The number of hydrogen-bond acceptors (Lipinski definition) is 3. The SMILES string of the molecule is C=C(O)[C@@H]1C[C@@H](NC(C)=O)CN1C(C)=O. The van der Waals surface area contributed by atoms with Crippen molar-refractivity contribution in [3.63, 3.8) is 0 Å². The van der Waals surface area contributed by atoms with Gasteiger partial charge in [0.15, 0.2) is 0 Å². The third-order valence-corrected chi connectivity index (χ3v) is 2.50. The second kappa shape index (κ2) is 4.33. The van der Waals surface area contributed by atoms with Gasteiger partial charge in [-0.05, 0) is 6.42 Å². The Labute approximate surface area is 88.8 Å². The van der Waals surface area contributed by atoms with E-state index in [0.29, 0.717) is 13.0 Å². The van der Waals surface area contributed by atoms with Gasteiger partial charge in [0.05, 0.1) is 6.04 Å². The highest BCUT2D eigenvalue weighted by Crippen LogP contribution is 2.22. The molecule has 1 rings (SSSR count). The van der Waals surface area contributed by atoms with Gasteiger partial charge in [0.2, 0.25) is 11.8 Å². The fraction of sp³-hybridized carbons (Fsp3) is 0.600. The van der Waals surface area contributed by atoms with Crippen molar-refractivity contribution in [3.8, 4) is 0 Å². The highest BCUT2D eigenvalue weighted by molar-refractivity contribution is 5.76. The van der Waals surface area contributed by atoms with E-state index >= 15 is 0 Å². The van der Waals surface area contributed by atoms with E-state index in [1.807, 2.05) is 0 Å². The predicted molar refractivity (Wildman–Crippen MR) is 55.2 cm³/mol. The molecule has 2 amide bonds. The quantitative estimate of drug-likeness (QED) is 0.642. The minimum absolute atomic E-state index is 0.0296. The normalized spacial score (nSPS) is 25.1. The van der Waals surface area contributed by atoms with Gasteiger partial charge in [-0.2, -0.15) is 0 Å². The van der Waals surface area contributed by atoms with Crippen LogP contribution in [-0.2, 0) is 9.59 Å². The molecule has 5 nitrogen and oxygen atoms in total. The summed E-state index contributed by atoms with van der Waals surface area (Å²) in [6.07, 6.45) is 0.522. The number of nitrogens with zero attached hydrogens (tertiary/aromatic N) is 1. The standard InChI is InChI=1S/C10H16N2O3/c1-6(13)10-4-9(11-7(2)14)5-12(10)8(3)15/h9-10,13H,1,4-5H2,2-3H3,(H,11,14)/t9-,10+/m1/s1. The van der Waals surface area contributed by atoms with Crippen LogP contribution in [0.15, 0.2) is 12.3 Å². The number of carbonyl (C=O) groups is 2. The summed E-state index contributed by atoms with van der Waals surface area (Å²) >= 11 is 0. The number of nitrogens with one attached hydrogen (secondary N) is 1. The molecule has 0 aromatic carbocycles. The lowest BCUT2D eigenvalue weighted by atomic mass is 10.1. The van der Waals surface area contributed by atoms with Gasteiger partial charge in [-0.15, -0.1) is 0 Å². The maximum absolute atomic E-state index is 11.3. The van der Waals surface area contributed by atoms with E-state index in [9.17, 15) is 14.7 Å². The average Bonchev–Trinajstić information content (AvgIpc) is 2.46. The van der Waals surface area contributed by atoms with Crippen molar-refractivity contribution >= 4 is 11.8 Å². The second-order valence-corrected chi connectivity index (χ2v) is 3.81. The highest BCUT2D eigenvalue weighted by atomic mass is 16.3. The largest absolute Gasteiger partial charge is 0.511 e. The third-order valence-electron chi connectivity index (χ3n) is 2.50. The zero-order valence-electron chi connectivity index (χ0n) is 8.99. The fourth-order valence-electron chi connectivity index (χ4n) is 1.89. The molecule has 2 N–H and O–H groups in total. The number of rotatable bonds is 2. The van der Waals surface area contributed by atoms with Crippen LogP contribution < -0.4 is 5.32 Å². The molecule has 1 heterocycles. The van der Waals surface area contributed by atoms with Crippen LogP contribution in [0.4, 0.5) is 0 Å². The van der Waals surface area contributed by atoms with Crippen LogP contribution >= 0.6 is 0 Å². The molecule has 1 fully saturated rings. The van der Waals surface area contributed by atoms with E-state index in [1.54, 1.807) is 0 Å². The summed E-state index contributed by atoms with van der Waals surface area (Å²) in [4.78, 5) is 23.6. The molecule has 15 heavy (non-hydrogen) atoms. The van der Waals surface area contributed by atoms with Crippen molar-refractivity contribution in [1.29, 1.82) is 0 Å². The molecule has 1 aliphatic rings. The summed E-state index contributed by atoms with van der Waals surface area (Å²) in [5.74, 6) is -0.284. The molecule has 0 unspecified atom stereocenters. The molecule has 0 saturated carbocycles. The summed E-state index contributed by atoms with van der Waals surface area (Å²) in [7, 11) is 0. The minimum atomic E-state index is -0.376. The van der Waals surface area contributed by atoms with Crippen LogP contribution in [0.3, 0.4) is 0 Å². The lowest BCUT2D eigenvalue weighted by molar-refractivity contribution is -0.129. The molecule has 0 spiro atoms. The topological polar surface area (TPSA) is 69.6 Å². The summed E-state index contributed by atoms with van der Waals surface area (Å²) in [5.41, 5.74) is 0. The van der Waals surface area contributed by atoms with Gasteiger partial charge in [0.1, 0.15) is 5.76 Å². The van der Waals surface area contributed by atoms with E-state index in [-0.39, 0.29) is 29.7 Å². The summed E-state index contributed by atoms with van der Waals surface area (Å²) in [5, 5.41) is 12.0. The number of likely N-dealkylation sites (tertiary alicyclic amines) is 1. The van der Waals surface area contributed by atoms with E-state index < -0.39 is 0 Å². The Hall–Kier alpha value is -1.52. The Kier molecular flexibility index (Phi) is 3.34. The van der Waals surface area contributed by atoms with Crippen LogP contribution in [0, 0.1) is 0 Å². The zero-order chi connectivity index (χ0) is 11.6.